The fourth-order valence-electron chi connectivity index (χ4n) is 2.08. The van der Waals surface area contributed by atoms with E-state index in [1.165, 1.54) is 0 Å². The number of pyridine rings is 1. The average Bonchev–Trinajstić information content (AvgIpc) is 2.39. The van der Waals surface area contributed by atoms with Gasteiger partial charge < -0.3 is 5.11 Å². The van der Waals surface area contributed by atoms with Gasteiger partial charge in [0, 0.05) is 22.3 Å². The van der Waals surface area contributed by atoms with Gasteiger partial charge in [0.1, 0.15) is 0 Å². The normalized spacial score (nSPS) is 12.1. The van der Waals surface area contributed by atoms with E-state index in [0.717, 1.165) is 15.7 Å². The molecule has 0 saturated heterocycles. The van der Waals surface area contributed by atoms with Crippen molar-refractivity contribution >= 4 is 21.9 Å². The summed E-state index contributed by atoms with van der Waals surface area (Å²) in [6.45, 7) is 0. The predicted molar refractivity (Wildman–Crippen MR) is 77.1 cm³/mol. The fraction of sp³-hybridized carbons (Fsp3) is 0.200. The van der Waals surface area contributed by atoms with Gasteiger partial charge in [-0.15, -0.1) is 0 Å². The van der Waals surface area contributed by atoms with Gasteiger partial charge in [-0.2, -0.15) is 0 Å². The summed E-state index contributed by atoms with van der Waals surface area (Å²) in [4.78, 5) is 15.3. The lowest BCUT2D eigenvalue weighted by Gasteiger charge is -2.16. The number of aliphatic carboxylic acids is 1. The second-order valence-corrected chi connectivity index (χ2v) is 5.20. The summed E-state index contributed by atoms with van der Waals surface area (Å²) < 4.78 is 0.942. The molecule has 1 atom stereocenters. The molecule has 0 spiro atoms. The molecule has 1 N–H and O–H groups in total. The molecular weight excluding hydrogens is 306 g/mol. The highest BCUT2D eigenvalue weighted by molar-refractivity contribution is 9.10. The molecule has 1 aromatic carbocycles. The molecule has 1 unspecified atom stereocenters. The van der Waals surface area contributed by atoms with Crippen LogP contribution in [0.1, 0.15) is 23.6 Å². The van der Waals surface area contributed by atoms with E-state index in [-0.39, 0.29) is 12.3 Å². The molecule has 1 aromatic heterocycles. The minimum Gasteiger partial charge on any atom is -0.481 e. The highest BCUT2D eigenvalue weighted by atomic mass is 79.9. The Morgan fingerprint density at radius 2 is 1.95 bits per heavy atom. The Balaban J connectivity index is 2.26. The van der Waals surface area contributed by atoms with Crippen LogP contribution in [0.3, 0.4) is 0 Å². The van der Waals surface area contributed by atoms with Gasteiger partial charge in [-0.25, -0.2) is 0 Å². The first-order valence-corrected chi connectivity index (χ1v) is 6.82. The number of hydrogen-bond donors (Lipinski definition) is 1. The predicted octanol–water partition coefficient (Wildman–Crippen LogP) is 3.65. The van der Waals surface area contributed by atoms with Gasteiger partial charge in [0.2, 0.25) is 0 Å². The standard InChI is InChI=1S/C15H14BrNO2/c16-14-7-2-1-6-13(14)11(10-15(18)19)9-12-5-3-4-8-17-12/h1-8,11H,9-10H2,(H,18,19). The number of rotatable bonds is 5. The average molecular weight is 320 g/mol. The number of nitrogens with zero attached hydrogens (tertiary/aromatic N) is 1. The van der Waals surface area contributed by atoms with E-state index in [4.69, 9.17) is 5.11 Å². The number of hydrogen-bond acceptors (Lipinski definition) is 2. The Hall–Kier alpha value is -1.68. The monoisotopic (exact) mass is 319 g/mol. The molecule has 0 saturated carbocycles. The van der Waals surface area contributed by atoms with Crippen LogP contribution in [0.5, 0.6) is 0 Å². The molecule has 98 valence electrons. The second kappa shape index (κ2) is 6.48. The Labute approximate surface area is 120 Å². The maximum Gasteiger partial charge on any atom is 0.303 e. The van der Waals surface area contributed by atoms with Gasteiger partial charge in [-0.1, -0.05) is 40.2 Å². The van der Waals surface area contributed by atoms with Crippen LogP contribution in [0.2, 0.25) is 0 Å². The summed E-state index contributed by atoms with van der Waals surface area (Å²) in [6, 6.07) is 13.4. The van der Waals surface area contributed by atoms with E-state index in [1.54, 1.807) is 6.20 Å². The minimum atomic E-state index is -0.795. The van der Waals surface area contributed by atoms with Crippen LogP contribution in [-0.2, 0) is 11.2 Å². The summed E-state index contributed by atoms with van der Waals surface area (Å²) in [5.74, 6) is -0.875. The van der Waals surface area contributed by atoms with Crippen LogP contribution in [0.15, 0.2) is 53.1 Å². The first-order chi connectivity index (χ1) is 9.16. The van der Waals surface area contributed by atoms with Crippen molar-refractivity contribution in [2.45, 2.75) is 18.8 Å². The Kier molecular flexibility index (Phi) is 4.68. The van der Waals surface area contributed by atoms with Crippen LogP contribution >= 0.6 is 15.9 Å². The lowest BCUT2D eigenvalue weighted by Crippen LogP contribution is -2.10. The number of benzene rings is 1. The van der Waals surface area contributed by atoms with Gasteiger partial charge in [0.25, 0.3) is 0 Å². The van der Waals surface area contributed by atoms with Crippen LogP contribution in [0.25, 0.3) is 0 Å². The summed E-state index contributed by atoms with van der Waals surface area (Å²) >= 11 is 3.49. The van der Waals surface area contributed by atoms with E-state index in [0.29, 0.717) is 6.42 Å². The lowest BCUT2D eigenvalue weighted by atomic mass is 9.91. The zero-order valence-corrected chi connectivity index (χ0v) is 11.9. The third-order valence-corrected chi connectivity index (χ3v) is 3.67. The van der Waals surface area contributed by atoms with Gasteiger partial charge in [0.15, 0.2) is 0 Å². The van der Waals surface area contributed by atoms with Gasteiger partial charge >= 0.3 is 5.97 Å². The van der Waals surface area contributed by atoms with E-state index >= 15 is 0 Å². The summed E-state index contributed by atoms with van der Waals surface area (Å²) in [5, 5.41) is 9.08. The van der Waals surface area contributed by atoms with E-state index in [2.05, 4.69) is 20.9 Å². The molecule has 0 aliphatic carbocycles. The molecule has 0 bridgehead atoms. The van der Waals surface area contributed by atoms with Crippen molar-refractivity contribution in [3.05, 3.63) is 64.4 Å². The van der Waals surface area contributed by atoms with Crippen molar-refractivity contribution in [1.29, 1.82) is 0 Å². The number of carboxylic acid groups (broad SMARTS) is 1. The van der Waals surface area contributed by atoms with E-state index < -0.39 is 5.97 Å². The summed E-state index contributed by atoms with van der Waals surface area (Å²) in [6.07, 6.45) is 2.45. The summed E-state index contributed by atoms with van der Waals surface area (Å²) in [7, 11) is 0. The fourth-order valence-corrected chi connectivity index (χ4v) is 2.69. The largest absolute Gasteiger partial charge is 0.481 e. The quantitative estimate of drug-likeness (QED) is 0.915. The minimum absolute atomic E-state index is 0.0806. The lowest BCUT2D eigenvalue weighted by molar-refractivity contribution is -0.137. The molecule has 0 fully saturated rings. The van der Waals surface area contributed by atoms with Crippen molar-refractivity contribution in [2.75, 3.05) is 0 Å². The molecule has 2 rings (SSSR count). The van der Waals surface area contributed by atoms with E-state index in [1.807, 2.05) is 42.5 Å². The molecule has 3 nitrogen and oxygen atoms in total. The van der Waals surface area contributed by atoms with E-state index in [9.17, 15) is 4.79 Å². The Morgan fingerprint density at radius 1 is 1.21 bits per heavy atom. The molecule has 2 aromatic rings. The number of halogens is 1. The van der Waals surface area contributed by atoms with Crippen LogP contribution < -0.4 is 0 Å². The third kappa shape index (κ3) is 3.89. The van der Waals surface area contributed by atoms with Gasteiger partial charge in [-0.3, -0.25) is 9.78 Å². The molecule has 0 amide bonds. The molecule has 19 heavy (non-hydrogen) atoms. The Bertz CT molecular complexity index is 557. The molecule has 0 aliphatic heterocycles. The Morgan fingerprint density at radius 3 is 2.58 bits per heavy atom. The second-order valence-electron chi connectivity index (χ2n) is 4.34. The molecule has 0 aliphatic rings. The highest BCUT2D eigenvalue weighted by Gasteiger charge is 2.18. The van der Waals surface area contributed by atoms with Gasteiger partial charge in [-0.05, 0) is 30.2 Å². The molecule has 0 radical (unpaired) electrons. The summed E-state index contributed by atoms with van der Waals surface area (Å²) in [5.41, 5.74) is 1.92. The number of aromatic nitrogens is 1. The van der Waals surface area contributed by atoms with Crippen molar-refractivity contribution in [1.82, 2.24) is 4.98 Å². The van der Waals surface area contributed by atoms with Crippen molar-refractivity contribution in [3.63, 3.8) is 0 Å². The first kappa shape index (κ1) is 13.7. The van der Waals surface area contributed by atoms with Crippen LogP contribution in [0, 0.1) is 0 Å². The molecule has 1 heterocycles. The van der Waals surface area contributed by atoms with Crippen LogP contribution in [0.4, 0.5) is 0 Å². The zero-order chi connectivity index (χ0) is 13.7. The van der Waals surface area contributed by atoms with Gasteiger partial charge in [0.05, 0.1) is 6.42 Å². The maximum atomic E-state index is 11.0. The molecule has 4 heteroatoms. The SMILES string of the molecule is O=C(O)CC(Cc1ccccn1)c1ccccc1Br. The third-order valence-electron chi connectivity index (χ3n) is 2.95. The zero-order valence-electron chi connectivity index (χ0n) is 10.3. The van der Waals surface area contributed by atoms with Crippen molar-refractivity contribution in [3.8, 4) is 0 Å². The van der Waals surface area contributed by atoms with Crippen LogP contribution in [-0.4, -0.2) is 16.1 Å². The molecular formula is C15H14BrNO2. The number of carboxylic acids is 1. The maximum absolute atomic E-state index is 11.0. The first-order valence-electron chi connectivity index (χ1n) is 6.03. The smallest absolute Gasteiger partial charge is 0.303 e. The highest BCUT2D eigenvalue weighted by Crippen LogP contribution is 2.29. The van der Waals surface area contributed by atoms with Crippen molar-refractivity contribution < 1.29 is 9.90 Å². The number of carbonyl (C=O) groups is 1. The topological polar surface area (TPSA) is 50.2 Å². The van der Waals surface area contributed by atoms with Crippen molar-refractivity contribution in [2.24, 2.45) is 0 Å².